The lowest BCUT2D eigenvalue weighted by atomic mass is 9.87. The lowest BCUT2D eigenvalue weighted by molar-refractivity contribution is -0.120. The monoisotopic (exact) mass is 355 g/mol. The summed E-state index contributed by atoms with van der Waals surface area (Å²) in [5.74, 6) is 0.140. The molecule has 1 fully saturated rings. The molecule has 6 heteroatoms. The molecular weight excluding hydrogens is 330 g/mol. The average Bonchev–Trinajstić information content (AvgIpc) is 2.77. The largest absolute Gasteiger partial charge is 0.351 e. The molecular formula is C17H25NO3S2. The molecule has 0 saturated carbocycles. The molecule has 4 nitrogen and oxygen atoms in total. The van der Waals surface area contributed by atoms with Crippen LogP contribution in [0.5, 0.6) is 0 Å². The van der Waals surface area contributed by atoms with Gasteiger partial charge in [-0.3, -0.25) is 4.79 Å². The first kappa shape index (κ1) is 18.3. The second kappa shape index (κ2) is 6.85. The summed E-state index contributed by atoms with van der Waals surface area (Å²) in [5, 5.41) is 2.60. The van der Waals surface area contributed by atoms with E-state index in [0.29, 0.717) is 6.42 Å². The fourth-order valence-corrected chi connectivity index (χ4v) is 5.07. The highest BCUT2D eigenvalue weighted by Gasteiger charge is 2.30. The van der Waals surface area contributed by atoms with E-state index in [2.05, 4.69) is 38.2 Å². The van der Waals surface area contributed by atoms with Crippen LogP contribution in [0, 0.1) is 0 Å². The van der Waals surface area contributed by atoms with E-state index in [-0.39, 0.29) is 34.1 Å². The Morgan fingerprint density at radius 1 is 1.26 bits per heavy atom. The number of amides is 1. The molecule has 1 saturated heterocycles. The van der Waals surface area contributed by atoms with Crippen molar-refractivity contribution in [1.29, 1.82) is 0 Å². The molecule has 2 atom stereocenters. The zero-order valence-corrected chi connectivity index (χ0v) is 15.8. The van der Waals surface area contributed by atoms with Gasteiger partial charge in [0.1, 0.15) is 0 Å². The smallest absolute Gasteiger partial charge is 0.233 e. The van der Waals surface area contributed by atoms with Crippen LogP contribution in [-0.4, -0.2) is 37.1 Å². The Balaban J connectivity index is 1.91. The third-order valence-corrected chi connectivity index (χ3v) is 6.86. The van der Waals surface area contributed by atoms with Gasteiger partial charge in [-0.2, -0.15) is 0 Å². The topological polar surface area (TPSA) is 63.2 Å². The quantitative estimate of drug-likeness (QED) is 0.844. The Labute approximate surface area is 143 Å². The van der Waals surface area contributed by atoms with Gasteiger partial charge >= 0.3 is 0 Å². The van der Waals surface area contributed by atoms with Crippen LogP contribution in [0.1, 0.15) is 39.7 Å². The highest BCUT2D eigenvalue weighted by molar-refractivity contribution is 8.00. The Kier molecular flexibility index (Phi) is 5.46. The maximum absolute atomic E-state index is 12.2. The molecule has 0 radical (unpaired) electrons. The first-order valence-corrected chi connectivity index (χ1v) is 10.5. The van der Waals surface area contributed by atoms with Crippen molar-refractivity contribution in [2.24, 2.45) is 0 Å². The number of carbonyl (C=O) groups is 1. The Hall–Kier alpha value is -1.01. The number of thioether (sulfide) groups is 1. The highest BCUT2D eigenvalue weighted by Crippen LogP contribution is 2.28. The van der Waals surface area contributed by atoms with E-state index in [0.717, 1.165) is 4.90 Å². The molecule has 1 aromatic rings. The van der Waals surface area contributed by atoms with Crippen molar-refractivity contribution in [2.75, 3.05) is 11.5 Å². The molecule has 0 spiro atoms. The predicted octanol–water partition coefficient (Wildman–Crippen LogP) is 2.77. The van der Waals surface area contributed by atoms with Crippen molar-refractivity contribution >= 4 is 27.5 Å². The second-order valence-corrected chi connectivity index (χ2v) is 10.8. The van der Waals surface area contributed by atoms with E-state index in [1.54, 1.807) is 0 Å². The van der Waals surface area contributed by atoms with Crippen LogP contribution in [0.3, 0.4) is 0 Å². The zero-order chi connectivity index (χ0) is 17.3. The van der Waals surface area contributed by atoms with Crippen LogP contribution in [0.15, 0.2) is 29.2 Å². The minimum Gasteiger partial charge on any atom is -0.351 e. The van der Waals surface area contributed by atoms with E-state index >= 15 is 0 Å². The van der Waals surface area contributed by atoms with Gasteiger partial charge in [0.2, 0.25) is 5.91 Å². The van der Waals surface area contributed by atoms with Gasteiger partial charge in [-0.05, 0) is 36.5 Å². The lowest BCUT2D eigenvalue weighted by Crippen LogP contribution is -2.39. The van der Waals surface area contributed by atoms with Gasteiger partial charge in [0.25, 0.3) is 0 Å². The van der Waals surface area contributed by atoms with Gasteiger partial charge in [0.15, 0.2) is 9.84 Å². The Bertz CT molecular complexity index is 660. The zero-order valence-electron chi connectivity index (χ0n) is 14.1. The summed E-state index contributed by atoms with van der Waals surface area (Å²) in [4.78, 5) is 13.3. The number of hydrogen-bond acceptors (Lipinski definition) is 4. The van der Waals surface area contributed by atoms with E-state index in [9.17, 15) is 13.2 Å². The standard InChI is InChI=1S/C17H25NO3S2/c1-12(16(19)18-14-9-10-23(20,21)11-14)22-15-7-5-13(6-8-15)17(2,3)4/h5-8,12,14H,9-11H2,1-4H3,(H,18,19)/t12-,14-/m1/s1. The molecule has 0 bridgehead atoms. The van der Waals surface area contributed by atoms with Crippen molar-refractivity contribution in [2.45, 2.75) is 55.7 Å². The molecule has 1 heterocycles. The maximum atomic E-state index is 12.2. The lowest BCUT2D eigenvalue weighted by Gasteiger charge is -2.20. The molecule has 0 aliphatic carbocycles. The van der Waals surface area contributed by atoms with Gasteiger partial charge in [0.05, 0.1) is 16.8 Å². The second-order valence-electron chi connectivity index (χ2n) is 7.14. The Morgan fingerprint density at radius 3 is 2.35 bits per heavy atom. The SMILES string of the molecule is C[C@@H](Sc1ccc(C(C)(C)C)cc1)C(=O)N[C@@H]1CCS(=O)(=O)C1. The van der Waals surface area contributed by atoms with Crippen molar-refractivity contribution in [3.63, 3.8) is 0 Å². The number of carbonyl (C=O) groups excluding carboxylic acids is 1. The van der Waals surface area contributed by atoms with Crippen molar-refractivity contribution in [1.82, 2.24) is 5.32 Å². The van der Waals surface area contributed by atoms with Gasteiger partial charge in [-0.25, -0.2) is 8.42 Å². The molecule has 1 aliphatic rings. The van der Waals surface area contributed by atoms with Crippen molar-refractivity contribution < 1.29 is 13.2 Å². The summed E-state index contributed by atoms with van der Waals surface area (Å²) in [7, 11) is -2.97. The van der Waals surface area contributed by atoms with E-state index in [4.69, 9.17) is 0 Å². The fraction of sp³-hybridized carbons (Fsp3) is 0.588. The first-order valence-electron chi connectivity index (χ1n) is 7.85. The number of rotatable bonds is 4. The van der Waals surface area contributed by atoms with Crippen molar-refractivity contribution in [3.05, 3.63) is 29.8 Å². The summed E-state index contributed by atoms with van der Waals surface area (Å²) in [6.07, 6.45) is 0.520. The van der Waals surface area contributed by atoms with Gasteiger partial charge < -0.3 is 5.32 Å². The fourth-order valence-electron chi connectivity index (χ4n) is 2.52. The minimum absolute atomic E-state index is 0.0659. The molecule has 2 rings (SSSR count). The maximum Gasteiger partial charge on any atom is 0.233 e. The number of benzene rings is 1. The number of sulfone groups is 1. The van der Waals surface area contributed by atoms with Gasteiger partial charge in [0, 0.05) is 10.9 Å². The molecule has 0 unspecified atom stereocenters. The van der Waals surface area contributed by atoms with E-state index in [1.807, 2.05) is 19.1 Å². The van der Waals surface area contributed by atoms with Gasteiger partial charge in [-0.1, -0.05) is 32.9 Å². The summed E-state index contributed by atoms with van der Waals surface area (Å²) >= 11 is 1.49. The molecule has 1 amide bonds. The van der Waals surface area contributed by atoms with Crippen LogP contribution in [-0.2, 0) is 20.0 Å². The van der Waals surface area contributed by atoms with Crippen molar-refractivity contribution in [3.8, 4) is 0 Å². The molecule has 1 aliphatic heterocycles. The van der Waals surface area contributed by atoms with Crippen LogP contribution in [0.25, 0.3) is 0 Å². The summed E-state index contributed by atoms with van der Waals surface area (Å²) in [6.45, 7) is 8.35. The van der Waals surface area contributed by atoms with Crippen LogP contribution in [0.2, 0.25) is 0 Å². The summed E-state index contributed by atoms with van der Waals surface area (Å²) in [6, 6.07) is 8.02. The molecule has 128 valence electrons. The molecule has 23 heavy (non-hydrogen) atoms. The first-order chi connectivity index (χ1) is 10.6. The number of hydrogen-bond donors (Lipinski definition) is 1. The minimum atomic E-state index is -2.97. The molecule has 1 N–H and O–H groups in total. The predicted molar refractivity (Wildman–Crippen MR) is 95.7 cm³/mol. The normalized spacial score (nSPS) is 21.8. The third kappa shape index (κ3) is 5.24. The number of nitrogens with one attached hydrogen (secondary N) is 1. The summed E-state index contributed by atoms with van der Waals surface area (Å²) in [5.41, 5.74) is 1.37. The third-order valence-electron chi connectivity index (χ3n) is 3.98. The highest BCUT2D eigenvalue weighted by atomic mass is 32.2. The van der Waals surface area contributed by atoms with Gasteiger partial charge in [-0.15, -0.1) is 11.8 Å². The average molecular weight is 356 g/mol. The Morgan fingerprint density at radius 2 is 1.87 bits per heavy atom. The van der Waals surface area contributed by atoms with E-state index in [1.165, 1.54) is 17.3 Å². The van der Waals surface area contributed by atoms with Crippen LogP contribution < -0.4 is 5.32 Å². The summed E-state index contributed by atoms with van der Waals surface area (Å²) < 4.78 is 22.9. The molecule has 0 aromatic heterocycles. The molecule has 1 aromatic carbocycles. The van der Waals surface area contributed by atoms with E-state index < -0.39 is 9.84 Å². The van der Waals surface area contributed by atoms with Crippen LogP contribution in [0.4, 0.5) is 0 Å². The van der Waals surface area contributed by atoms with Crippen LogP contribution >= 0.6 is 11.8 Å².